The van der Waals surface area contributed by atoms with Crippen LogP contribution >= 0.6 is 11.3 Å². The summed E-state index contributed by atoms with van der Waals surface area (Å²) < 4.78 is 11.5. The van der Waals surface area contributed by atoms with Gasteiger partial charge in [-0.15, -0.1) is 11.3 Å². The highest BCUT2D eigenvalue weighted by Crippen LogP contribution is 2.32. The van der Waals surface area contributed by atoms with Gasteiger partial charge in [0.05, 0.1) is 23.6 Å². The smallest absolute Gasteiger partial charge is 0.276 e. The van der Waals surface area contributed by atoms with E-state index in [0.29, 0.717) is 30.5 Å². The van der Waals surface area contributed by atoms with Crippen molar-refractivity contribution in [2.24, 2.45) is 0 Å². The topological polar surface area (TPSA) is 55.6 Å². The Morgan fingerprint density at radius 2 is 2.36 bits per heavy atom. The molecule has 0 radical (unpaired) electrons. The Bertz CT molecular complexity index is 680. The third-order valence-corrected chi connectivity index (χ3v) is 5.33. The molecule has 2 unspecified atom stereocenters. The van der Waals surface area contributed by atoms with E-state index in [2.05, 4.69) is 4.98 Å². The van der Waals surface area contributed by atoms with Crippen LogP contribution in [0.1, 0.15) is 35.5 Å². The number of ether oxygens (including phenoxy) is 1. The van der Waals surface area contributed by atoms with Gasteiger partial charge in [0.1, 0.15) is 5.76 Å². The second-order valence-corrected chi connectivity index (χ2v) is 6.75. The van der Waals surface area contributed by atoms with E-state index in [4.69, 9.17) is 9.15 Å². The van der Waals surface area contributed by atoms with E-state index in [0.717, 1.165) is 24.1 Å². The van der Waals surface area contributed by atoms with Gasteiger partial charge >= 0.3 is 0 Å². The fraction of sp³-hybridized carbons (Fsp3) is 0.500. The summed E-state index contributed by atoms with van der Waals surface area (Å²) in [4.78, 5) is 20.2. The van der Waals surface area contributed by atoms with Crippen molar-refractivity contribution in [3.63, 3.8) is 0 Å². The predicted molar refractivity (Wildman–Crippen MR) is 83.0 cm³/mol. The van der Waals surface area contributed by atoms with E-state index in [1.54, 1.807) is 11.3 Å². The Kier molecular flexibility index (Phi) is 3.50. The zero-order valence-electron chi connectivity index (χ0n) is 12.4. The summed E-state index contributed by atoms with van der Waals surface area (Å²) in [7, 11) is 0. The zero-order chi connectivity index (χ0) is 15.1. The number of thiophene rings is 1. The van der Waals surface area contributed by atoms with Crippen LogP contribution in [-0.4, -0.2) is 41.1 Å². The molecular formula is C16H18N2O3S. The summed E-state index contributed by atoms with van der Waals surface area (Å²) >= 11 is 1.56. The lowest BCUT2D eigenvalue weighted by Gasteiger charge is -2.37. The van der Waals surface area contributed by atoms with E-state index in [1.165, 1.54) is 0 Å². The van der Waals surface area contributed by atoms with Crippen LogP contribution in [0.25, 0.3) is 10.8 Å². The molecule has 3 heterocycles. The maximum absolute atomic E-state index is 12.9. The first-order valence-corrected chi connectivity index (χ1v) is 8.56. The van der Waals surface area contributed by atoms with Crippen molar-refractivity contribution in [1.82, 2.24) is 9.88 Å². The molecule has 22 heavy (non-hydrogen) atoms. The zero-order valence-corrected chi connectivity index (χ0v) is 13.3. The minimum Gasteiger partial charge on any atom is -0.440 e. The molecule has 116 valence electrons. The van der Waals surface area contributed by atoms with Crippen molar-refractivity contribution in [2.75, 3.05) is 13.2 Å². The van der Waals surface area contributed by atoms with Crippen LogP contribution in [0.2, 0.25) is 0 Å². The number of aromatic nitrogens is 1. The van der Waals surface area contributed by atoms with Gasteiger partial charge in [-0.25, -0.2) is 4.98 Å². The molecule has 2 aliphatic rings. The highest BCUT2D eigenvalue weighted by atomic mass is 32.1. The number of morpholine rings is 1. The molecule has 1 aliphatic heterocycles. The first kappa shape index (κ1) is 14.0. The van der Waals surface area contributed by atoms with Crippen LogP contribution in [0.5, 0.6) is 0 Å². The van der Waals surface area contributed by atoms with Crippen molar-refractivity contribution in [3.8, 4) is 10.8 Å². The highest BCUT2D eigenvalue weighted by Gasteiger charge is 2.39. The van der Waals surface area contributed by atoms with Crippen LogP contribution in [-0.2, 0) is 4.74 Å². The number of amides is 1. The molecule has 2 aromatic heterocycles. The van der Waals surface area contributed by atoms with Crippen LogP contribution in [0.15, 0.2) is 21.9 Å². The van der Waals surface area contributed by atoms with Crippen LogP contribution in [0, 0.1) is 6.92 Å². The highest BCUT2D eigenvalue weighted by molar-refractivity contribution is 7.13. The van der Waals surface area contributed by atoms with Gasteiger partial charge in [0.25, 0.3) is 5.91 Å². The average molecular weight is 318 g/mol. The number of rotatable bonds is 2. The van der Waals surface area contributed by atoms with Gasteiger partial charge in [0, 0.05) is 6.54 Å². The minimum absolute atomic E-state index is 0.0238. The Morgan fingerprint density at radius 1 is 1.45 bits per heavy atom. The number of fused-ring (bicyclic) bond motifs is 1. The molecule has 0 spiro atoms. The third kappa shape index (κ3) is 2.27. The van der Waals surface area contributed by atoms with E-state index in [-0.39, 0.29) is 18.1 Å². The maximum atomic E-state index is 12.9. The van der Waals surface area contributed by atoms with Gasteiger partial charge in [-0.05, 0) is 37.6 Å². The number of carbonyl (C=O) groups excluding carboxylic acids is 1. The molecule has 1 saturated heterocycles. The first-order valence-electron chi connectivity index (χ1n) is 7.68. The fourth-order valence-corrected chi connectivity index (χ4v) is 4.06. The molecule has 2 fully saturated rings. The van der Waals surface area contributed by atoms with Gasteiger partial charge in [0.15, 0.2) is 5.69 Å². The number of aryl methyl sites for hydroxylation is 1. The summed E-state index contributed by atoms with van der Waals surface area (Å²) in [5, 5.41) is 1.97. The number of nitrogens with zero attached hydrogens (tertiary/aromatic N) is 2. The van der Waals surface area contributed by atoms with Gasteiger partial charge in [-0.2, -0.15) is 0 Å². The maximum Gasteiger partial charge on any atom is 0.276 e. The molecule has 1 amide bonds. The lowest BCUT2D eigenvalue weighted by atomic mass is 10.1. The SMILES string of the molecule is Cc1oc(-c2cccs2)nc1C(=O)N1CCOC2CCCC21. The lowest BCUT2D eigenvalue weighted by Crippen LogP contribution is -2.51. The van der Waals surface area contributed by atoms with E-state index in [1.807, 2.05) is 29.3 Å². The van der Waals surface area contributed by atoms with Crippen LogP contribution in [0.4, 0.5) is 0 Å². The number of hydrogen-bond donors (Lipinski definition) is 0. The lowest BCUT2D eigenvalue weighted by molar-refractivity contribution is -0.0447. The quantitative estimate of drug-likeness (QED) is 0.854. The van der Waals surface area contributed by atoms with E-state index in [9.17, 15) is 4.79 Å². The second kappa shape index (κ2) is 5.52. The van der Waals surface area contributed by atoms with Crippen LogP contribution in [0.3, 0.4) is 0 Å². The molecule has 1 aliphatic carbocycles. The summed E-state index contributed by atoms with van der Waals surface area (Å²) in [5.74, 6) is 1.10. The molecule has 4 rings (SSSR count). The average Bonchev–Trinajstić information content (AvgIpc) is 3.25. The van der Waals surface area contributed by atoms with E-state index < -0.39 is 0 Å². The summed E-state index contributed by atoms with van der Waals surface area (Å²) in [6.45, 7) is 3.06. The van der Waals surface area contributed by atoms with Gasteiger partial charge in [-0.1, -0.05) is 6.07 Å². The molecule has 0 bridgehead atoms. The van der Waals surface area contributed by atoms with Crippen molar-refractivity contribution in [3.05, 3.63) is 29.0 Å². The normalized spacial score (nSPS) is 24.5. The molecular weight excluding hydrogens is 300 g/mol. The third-order valence-electron chi connectivity index (χ3n) is 4.47. The second-order valence-electron chi connectivity index (χ2n) is 5.81. The summed E-state index contributed by atoms with van der Waals surface area (Å²) in [5.41, 5.74) is 0.441. The Balaban J connectivity index is 1.62. The molecule has 0 aromatic carbocycles. The Morgan fingerprint density at radius 3 is 3.18 bits per heavy atom. The Hall–Kier alpha value is -1.66. The Labute approximate surface area is 132 Å². The number of carbonyl (C=O) groups is 1. The number of oxazole rings is 1. The minimum atomic E-state index is -0.0238. The molecule has 5 nitrogen and oxygen atoms in total. The van der Waals surface area contributed by atoms with Gasteiger partial charge in [0.2, 0.25) is 5.89 Å². The largest absolute Gasteiger partial charge is 0.440 e. The van der Waals surface area contributed by atoms with Crippen molar-refractivity contribution < 1.29 is 13.9 Å². The van der Waals surface area contributed by atoms with Crippen molar-refractivity contribution >= 4 is 17.2 Å². The predicted octanol–water partition coefficient (Wildman–Crippen LogP) is 3.11. The summed E-state index contributed by atoms with van der Waals surface area (Å²) in [6, 6.07) is 4.10. The first-order chi connectivity index (χ1) is 10.7. The number of hydrogen-bond acceptors (Lipinski definition) is 5. The molecule has 1 saturated carbocycles. The molecule has 2 aromatic rings. The fourth-order valence-electron chi connectivity index (χ4n) is 3.41. The van der Waals surface area contributed by atoms with Crippen molar-refractivity contribution in [1.29, 1.82) is 0 Å². The monoisotopic (exact) mass is 318 g/mol. The van der Waals surface area contributed by atoms with Gasteiger partial charge < -0.3 is 14.1 Å². The summed E-state index contributed by atoms with van der Waals surface area (Å²) in [6.07, 6.45) is 3.39. The van der Waals surface area contributed by atoms with E-state index >= 15 is 0 Å². The molecule has 0 N–H and O–H groups in total. The van der Waals surface area contributed by atoms with Gasteiger partial charge in [-0.3, -0.25) is 4.79 Å². The molecule has 2 atom stereocenters. The molecule has 6 heteroatoms. The standard InChI is InChI=1S/C16H18N2O3S/c1-10-14(17-15(21-10)13-6-3-9-22-13)16(19)18-7-8-20-12-5-2-4-11(12)18/h3,6,9,11-12H,2,4-5,7-8H2,1H3. The van der Waals surface area contributed by atoms with Crippen molar-refractivity contribution in [2.45, 2.75) is 38.3 Å². The van der Waals surface area contributed by atoms with Crippen LogP contribution < -0.4 is 0 Å².